The van der Waals surface area contributed by atoms with Crippen LogP contribution in [0.3, 0.4) is 0 Å². The second-order valence-electron chi connectivity index (χ2n) is 5.92. The van der Waals surface area contributed by atoms with Crippen LogP contribution >= 0.6 is 8.03 Å². The number of carboxylic acids is 1. The van der Waals surface area contributed by atoms with Gasteiger partial charge in [-0.3, -0.25) is 9.36 Å². The van der Waals surface area contributed by atoms with E-state index in [-0.39, 0.29) is 6.42 Å². The van der Waals surface area contributed by atoms with Gasteiger partial charge in [0.2, 0.25) is 8.03 Å². The van der Waals surface area contributed by atoms with Crippen molar-refractivity contribution in [2.24, 2.45) is 5.92 Å². The molecule has 1 aromatic rings. The monoisotopic (exact) mass is 310 g/mol. The average molecular weight is 310 g/mol. The third kappa shape index (κ3) is 3.56. The van der Waals surface area contributed by atoms with Gasteiger partial charge in [-0.1, -0.05) is 62.4 Å². The summed E-state index contributed by atoms with van der Waals surface area (Å²) in [6.07, 6.45) is 6.78. The van der Waals surface area contributed by atoms with Gasteiger partial charge >= 0.3 is 5.97 Å². The molecule has 0 amide bonds. The summed E-state index contributed by atoms with van der Waals surface area (Å²) >= 11 is 0. The number of hydrogen-bond acceptors (Lipinski definition) is 2. The molecule has 0 spiro atoms. The number of carbonyl (C=O) groups is 1. The Morgan fingerprint density at radius 3 is 2.33 bits per heavy atom. The van der Waals surface area contributed by atoms with E-state index in [2.05, 4.69) is 0 Å². The van der Waals surface area contributed by atoms with Crippen molar-refractivity contribution < 1.29 is 19.4 Å². The molecule has 2 unspecified atom stereocenters. The number of rotatable bonds is 6. The van der Waals surface area contributed by atoms with E-state index in [9.17, 15) is 19.4 Å². The van der Waals surface area contributed by atoms with E-state index in [4.69, 9.17) is 0 Å². The summed E-state index contributed by atoms with van der Waals surface area (Å²) in [6.45, 7) is 0. The standard InChI is InChI=1S/C16H23O4P/c17-15(18)16(21(19)20,14-9-5-2-6-10-14)12-11-13-7-3-1-4-8-13/h2,5-6,9-10,13,21H,1,3-4,7-8,11-12H2,(H,17,18)(H,19,20). The molecule has 0 heterocycles. The Balaban J connectivity index is 2.23. The van der Waals surface area contributed by atoms with Gasteiger partial charge in [0.15, 0.2) is 5.16 Å². The molecular weight excluding hydrogens is 287 g/mol. The maximum Gasteiger partial charge on any atom is 0.323 e. The molecule has 0 radical (unpaired) electrons. The molecule has 2 atom stereocenters. The van der Waals surface area contributed by atoms with Gasteiger partial charge in [-0.2, -0.15) is 0 Å². The molecule has 2 rings (SSSR count). The second kappa shape index (κ2) is 7.24. The van der Waals surface area contributed by atoms with Crippen molar-refractivity contribution in [3.8, 4) is 0 Å². The van der Waals surface area contributed by atoms with Crippen LogP contribution in [0.25, 0.3) is 0 Å². The van der Waals surface area contributed by atoms with Gasteiger partial charge in [0.05, 0.1) is 0 Å². The normalized spacial score (nSPS) is 20.6. The lowest BCUT2D eigenvalue weighted by Gasteiger charge is -2.30. The van der Waals surface area contributed by atoms with Gasteiger partial charge in [-0.15, -0.1) is 0 Å². The number of carboxylic acid groups (broad SMARTS) is 1. The summed E-state index contributed by atoms with van der Waals surface area (Å²) in [5, 5.41) is 8.01. The molecule has 0 saturated heterocycles. The Hall–Kier alpha value is -1.12. The fraction of sp³-hybridized carbons (Fsp3) is 0.562. The Kier molecular flexibility index (Phi) is 5.60. The van der Waals surface area contributed by atoms with Crippen LogP contribution < -0.4 is 0 Å². The van der Waals surface area contributed by atoms with Gasteiger partial charge in [-0.25, -0.2) is 0 Å². The van der Waals surface area contributed by atoms with Crippen LogP contribution in [-0.4, -0.2) is 16.0 Å². The zero-order valence-corrected chi connectivity index (χ0v) is 13.1. The zero-order chi connectivity index (χ0) is 15.3. The largest absolute Gasteiger partial charge is 0.480 e. The summed E-state index contributed by atoms with van der Waals surface area (Å²) in [4.78, 5) is 21.6. The molecule has 0 aromatic heterocycles. The average Bonchev–Trinajstić information content (AvgIpc) is 2.49. The first-order chi connectivity index (χ1) is 10.1. The molecule has 5 heteroatoms. The van der Waals surface area contributed by atoms with Crippen molar-refractivity contribution in [2.45, 2.75) is 50.1 Å². The van der Waals surface area contributed by atoms with Crippen LogP contribution in [0.1, 0.15) is 50.5 Å². The van der Waals surface area contributed by atoms with E-state index in [1.165, 1.54) is 19.3 Å². The third-order valence-corrected chi connectivity index (χ3v) is 6.13. The maximum absolute atomic E-state index is 11.9. The van der Waals surface area contributed by atoms with Crippen LogP contribution in [0.15, 0.2) is 30.3 Å². The Morgan fingerprint density at radius 1 is 1.19 bits per heavy atom. The third-order valence-electron chi connectivity index (χ3n) is 4.65. The number of aliphatic carboxylic acids is 1. The summed E-state index contributed by atoms with van der Waals surface area (Å²) in [5.41, 5.74) is 0.444. The van der Waals surface area contributed by atoms with E-state index >= 15 is 0 Å². The van der Waals surface area contributed by atoms with Crippen LogP contribution in [0.5, 0.6) is 0 Å². The quantitative estimate of drug-likeness (QED) is 0.784. The molecule has 1 saturated carbocycles. The van der Waals surface area contributed by atoms with Crippen molar-refractivity contribution in [3.63, 3.8) is 0 Å². The summed E-state index contributed by atoms with van der Waals surface area (Å²) in [7, 11) is -3.23. The SMILES string of the molecule is O=C(O)C(CCC1CCCCC1)(c1ccccc1)[PH](=O)O. The molecule has 4 nitrogen and oxygen atoms in total. The molecule has 1 fully saturated rings. The first-order valence-corrected chi connectivity index (χ1v) is 8.95. The predicted molar refractivity (Wildman–Crippen MR) is 82.8 cm³/mol. The minimum absolute atomic E-state index is 0.241. The van der Waals surface area contributed by atoms with Crippen molar-refractivity contribution in [3.05, 3.63) is 35.9 Å². The molecule has 1 aromatic carbocycles. The smallest absolute Gasteiger partial charge is 0.323 e. The highest BCUT2D eigenvalue weighted by molar-refractivity contribution is 7.41. The van der Waals surface area contributed by atoms with Crippen LogP contribution in [0, 0.1) is 5.92 Å². The molecule has 116 valence electrons. The fourth-order valence-electron chi connectivity index (χ4n) is 3.32. The summed E-state index contributed by atoms with van der Waals surface area (Å²) < 4.78 is 11.9. The van der Waals surface area contributed by atoms with Crippen molar-refractivity contribution >= 4 is 14.0 Å². The molecule has 0 aliphatic heterocycles. The minimum atomic E-state index is -3.23. The Labute approximate surface area is 126 Å². The molecule has 0 bridgehead atoms. The predicted octanol–water partition coefficient (Wildman–Crippen LogP) is 3.79. The van der Waals surface area contributed by atoms with E-state index in [0.29, 0.717) is 17.9 Å². The van der Waals surface area contributed by atoms with Crippen molar-refractivity contribution in [1.82, 2.24) is 0 Å². The van der Waals surface area contributed by atoms with Gasteiger partial charge in [0.1, 0.15) is 0 Å². The molecule has 1 aliphatic rings. The summed E-state index contributed by atoms with van der Waals surface area (Å²) in [6, 6.07) is 8.52. The molecule has 21 heavy (non-hydrogen) atoms. The van der Waals surface area contributed by atoms with Gasteiger partial charge in [-0.05, 0) is 24.3 Å². The highest BCUT2D eigenvalue weighted by Crippen LogP contribution is 2.49. The lowest BCUT2D eigenvalue weighted by molar-refractivity contribution is -0.141. The minimum Gasteiger partial charge on any atom is -0.480 e. The first kappa shape index (κ1) is 16.3. The van der Waals surface area contributed by atoms with E-state index < -0.39 is 19.2 Å². The zero-order valence-electron chi connectivity index (χ0n) is 12.1. The van der Waals surface area contributed by atoms with Gasteiger partial charge < -0.3 is 10.00 Å². The van der Waals surface area contributed by atoms with E-state index in [1.54, 1.807) is 30.3 Å². The van der Waals surface area contributed by atoms with E-state index in [1.807, 2.05) is 0 Å². The number of hydrogen-bond donors (Lipinski definition) is 2. The topological polar surface area (TPSA) is 74.6 Å². The Bertz CT molecular complexity index is 480. The van der Waals surface area contributed by atoms with Crippen LogP contribution in [-0.2, 0) is 14.5 Å². The first-order valence-electron chi connectivity index (χ1n) is 7.59. The highest BCUT2D eigenvalue weighted by Gasteiger charge is 2.45. The van der Waals surface area contributed by atoms with Gasteiger partial charge in [0.25, 0.3) is 0 Å². The number of benzene rings is 1. The highest BCUT2D eigenvalue weighted by atomic mass is 31.1. The van der Waals surface area contributed by atoms with Gasteiger partial charge in [0, 0.05) is 0 Å². The van der Waals surface area contributed by atoms with Crippen molar-refractivity contribution in [2.75, 3.05) is 0 Å². The van der Waals surface area contributed by atoms with Crippen molar-refractivity contribution in [1.29, 1.82) is 0 Å². The lowest BCUT2D eigenvalue weighted by atomic mass is 9.82. The molecule has 1 aliphatic carbocycles. The molecular formula is C16H23O4P. The Morgan fingerprint density at radius 2 is 1.81 bits per heavy atom. The lowest BCUT2D eigenvalue weighted by Crippen LogP contribution is -2.33. The second-order valence-corrected chi connectivity index (χ2v) is 7.39. The fourth-order valence-corrected chi connectivity index (χ4v) is 4.27. The van der Waals surface area contributed by atoms with Crippen LogP contribution in [0.4, 0.5) is 0 Å². The van der Waals surface area contributed by atoms with Crippen LogP contribution in [0.2, 0.25) is 0 Å². The maximum atomic E-state index is 11.9. The summed E-state index contributed by atoms with van der Waals surface area (Å²) in [5.74, 6) is -0.696. The molecule has 2 N–H and O–H groups in total. The van der Waals surface area contributed by atoms with E-state index in [0.717, 1.165) is 12.8 Å².